The number of nitrogen functional groups attached to an aromatic ring is 1. The van der Waals surface area contributed by atoms with Gasteiger partial charge in [0, 0.05) is 12.2 Å². The third-order valence-corrected chi connectivity index (χ3v) is 2.27. The van der Waals surface area contributed by atoms with Gasteiger partial charge in [-0.2, -0.15) is 0 Å². The SMILES string of the molecule is CCCCNC(=O)c1ccc(C)cc1N. The number of carbonyl (C=O) groups excluding carboxylic acids is 1. The smallest absolute Gasteiger partial charge is 0.253 e. The van der Waals surface area contributed by atoms with Gasteiger partial charge in [0.25, 0.3) is 5.91 Å². The number of amides is 1. The number of hydrogen-bond donors (Lipinski definition) is 2. The number of anilines is 1. The van der Waals surface area contributed by atoms with Crippen molar-refractivity contribution < 1.29 is 4.79 Å². The normalized spacial score (nSPS) is 10.0. The fourth-order valence-corrected chi connectivity index (χ4v) is 1.36. The molecule has 0 atom stereocenters. The highest BCUT2D eigenvalue weighted by atomic mass is 16.1. The molecule has 0 fully saturated rings. The molecule has 0 heterocycles. The molecule has 1 aromatic rings. The predicted molar refractivity (Wildman–Crippen MR) is 62.8 cm³/mol. The molecule has 3 heteroatoms. The van der Waals surface area contributed by atoms with E-state index in [0.717, 1.165) is 18.4 Å². The van der Waals surface area contributed by atoms with Crippen LogP contribution in [0.4, 0.5) is 5.69 Å². The number of hydrogen-bond acceptors (Lipinski definition) is 2. The number of rotatable bonds is 4. The van der Waals surface area contributed by atoms with Crippen molar-refractivity contribution in [2.45, 2.75) is 26.7 Å². The zero-order valence-electron chi connectivity index (χ0n) is 9.34. The number of unbranched alkanes of at least 4 members (excludes halogenated alkanes) is 1. The molecule has 0 aliphatic carbocycles. The van der Waals surface area contributed by atoms with Gasteiger partial charge in [0.1, 0.15) is 0 Å². The lowest BCUT2D eigenvalue weighted by molar-refractivity contribution is 0.0954. The molecule has 3 N–H and O–H groups in total. The van der Waals surface area contributed by atoms with Crippen molar-refractivity contribution in [1.29, 1.82) is 0 Å². The zero-order chi connectivity index (χ0) is 11.3. The molecule has 1 amide bonds. The molecule has 0 saturated heterocycles. The van der Waals surface area contributed by atoms with Crippen LogP contribution in [0, 0.1) is 6.92 Å². The average Bonchev–Trinajstić information content (AvgIpc) is 2.17. The molecular weight excluding hydrogens is 188 g/mol. The molecule has 1 aromatic carbocycles. The number of aryl methyl sites for hydroxylation is 1. The molecule has 0 unspecified atom stereocenters. The van der Waals surface area contributed by atoms with Crippen LogP contribution in [0.3, 0.4) is 0 Å². The molecule has 0 saturated carbocycles. The second-order valence-electron chi connectivity index (χ2n) is 3.70. The van der Waals surface area contributed by atoms with Gasteiger partial charge in [-0.25, -0.2) is 0 Å². The van der Waals surface area contributed by atoms with E-state index in [9.17, 15) is 4.79 Å². The van der Waals surface area contributed by atoms with Crippen molar-refractivity contribution in [2.75, 3.05) is 12.3 Å². The summed E-state index contributed by atoms with van der Waals surface area (Å²) in [6.07, 6.45) is 2.07. The van der Waals surface area contributed by atoms with E-state index in [1.807, 2.05) is 19.1 Å². The van der Waals surface area contributed by atoms with Crippen molar-refractivity contribution in [2.24, 2.45) is 0 Å². The first kappa shape index (κ1) is 11.6. The number of benzene rings is 1. The van der Waals surface area contributed by atoms with E-state index in [4.69, 9.17) is 5.73 Å². The Morgan fingerprint density at radius 2 is 2.20 bits per heavy atom. The van der Waals surface area contributed by atoms with Crippen molar-refractivity contribution in [3.05, 3.63) is 29.3 Å². The van der Waals surface area contributed by atoms with Crippen LogP contribution in [-0.2, 0) is 0 Å². The Kier molecular flexibility index (Phi) is 4.16. The second kappa shape index (κ2) is 5.39. The average molecular weight is 206 g/mol. The van der Waals surface area contributed by atoms with E-state index in [2.05, 4.69) is 12.2 Å². The number of nitrogens with one attached hydrogen (secondary N) is 1. The van der Waals surface area contributed by atoms with E-state index in [1.165, 1.54) is 0 Å². The van der Waals surface area contributed by atoms with E-state index in [0.29, 0.717) is 17.8 Å². The van der Waals surface area contributed by atoms with Crippen LogP contribution >= 0.6 is 0 Å². The van der Waals surface area contributed by atoms with E-state index >= 15 is 0 Å². The molecule has 0 aliphatic heterocycles. The van der Waals surface area contributed by atoms with Gasteiger partial charge in [-0.1, -0.05) is 19.4 Å². The van der Waals surface area contributed by atoms with Gasteiger partial charge < -0.3 is 11.1 Å². The summed E-state index contributed by atoms with van der Waals surface area (Å²) in [5.74, 6) is -0.0825. The lowest BCUT2D eigenvalue weighted by Gasteiger charge is -2.07. The molecule has 0 aliphatic rings. The molecule has 3 nitrogen and oxygen atoms in total. The Hall–Kier alpha value is -1.51. The third-order valence-electron chi connectivity index (χ3n) is 2.27. The first-order valence-electron chi connectivity index (χ1n) is 5.29. The first-order valence-corrected chi connectivity index (χ1v) is 5.29. The highest BCUT2D eigenvalue weighted by Gasteiger charge is 2.08. The summed E-state index contributed by atoms with van der Waals surface area (Å²) >= 11 is 0. The van der Waals surface area contributed by atoms with Crippen LogP contribution in [0.25, 0.3) is 0 Å². The van der Waals surface area contributed by atoms with Crippen molar-refractivity contribution in [3.8, 4) is 0 Å². The molecular formula is C12H18N2O. The van der Waals surface area contributed by atoms with Gasteiger partial charge in [0.15, 0.2) is 0 Å². The lowest BCUT2D eigenvalue weighted by Crippen LogP contribution is -2.25. The minimum absolute atomic E-state index is 0.0825. The largest absolute Gasteiger partial charge is 0.398 e. The maximum atomic E-state index is 11.7. The van der Waals surface area contributed by atoms with Gasteiger partial charge in [0.05, 0.1) is 5.56 Å². The highest BCUT2D eigenvalue weighted by Crippen LogP contribution is 2.13. The number of nitrogens with two attached hydrogens (primary N) is 1. The quantitative estimate of drug-likeness (QED) is 0.585. The van der Waals surface area contributed by atoms with Crippen LogP contribution < -0.4 is 11.1 Å². The standard InChI is InChI=1S/C12H18N2O/c1-3-4-7-14-12(15)10-6-5-9(2)8-11(10)13/h5-6,8H,3-4,7,13H2,1-2H3,(H,14,15). The summed E-state index contributed by atoms with van der Waals surface area (Å²) in [6, 6.07) is 5.48. The first-order chi connectivity index (χ1) is 7.15. The topological polar surface area (TPSA) is 55.1 Å². The van der Waals surface area contributed by atoms with Crippen LogP contribution in [-0.4, -0.2) is 12.5 Å². The monoisotopic (exact) mass is 206 g/mol. The molecule has 15 heavy (non-hydrogen) atoms. The van der Waals surface area contributed by atoms with Crippen LogP contribution in [0.1, 0.15) is 35.7 Å². The molecule has 82 valence electrons. The van der Waals surface area contributed by atoms with Gasteiger partial charge in [-0.15, -0.1) is 0 Å². The lowest BCUT2D eigenvalue weighted by atomic mass is 10.1. The maximum Gasteiger partial charge on any atom is 0.253 e. The Bertz CT molecular complexity index is 347. The summed E-state index contributed by atoms with van der Waals surface area (Å²) in [7, 11) is 0. The third kappa shape index (κ3) is 3.27. The molecule has 0 bridgehead atoms. The summed E-state index contributed by atoms with van der Waals surface area (Å²) in [5, 5.41) is 2.84. The van der Waals surface area contributed by atoms with E-state index in [1.54, 1.807) is 6.07 Å². The Labute approximate surface area is 90.7 Å². The highest BCUT2D eigenvalue weighted by molar-refractivity contribution is 5.99. The minimum atomic E-state index is -0.0825. The van der Waals surface area contributed by atoms with Crippen molar-refractivity contribution in [1.82, 2.24) is 5.32 Å². The van der Waals surface area contributed by atoms with Crippen LogP contribution in [0.2, 0.25) is 0 Å². The van der Waals surface area contributed by atoms with Crippen LogP contribution in [0.15, 0.2) is 18.2 Å². The van der Waals surface area contributed by atoms with E-state index in [-0.39, 0.29) is 5.91 Å². The predicted octanol–water partition coefficient (Wildman–Crippen LogP) is 2.11. The number of carbonyl (C=O) groups is 1. The fourth-order valence-electron chi connectivity index (χ4n) is 1.36. The molecule has 0 aromatic heterocycles. The maximum absolute atomic E-state index is 11.7. The zero-order valence-corrected chi connectivity index (χ0v) is 9.34. The van der Waals surface area contributed by atoms with Gasteiger partial charge in [0.2, 0.25) is 0 Å². The molecule has 0 radical (unpaired) electrons. The second-order valence-corrected chi connectivity index (χ2v) is 3.70. The van der Waals surface area contributed by atoms with Crippen molar-refractivity contribution >= 4 is 11.6 Å². The summed E-state index contributed by atoms with van der Waals surface area (Å²) in [5.41, 5.74) is 7.94. The van der Waals surface area contributed by atoms with Gasteiger partial charge in [-0.3, -0.25) is 4.79 Å². The Morgan fingerprint density at radius 3 is 2.80 bits per heavy atom. The minimum Gasteiger partial charge on any atom is -0.398 e. The summed E-state index contributed by atoms with van der Waals surface area (Å²) in [6.45, 7) is 4.75. The van der Waals surface area contributed by atoms with Gasteiger partial charge in [-0.05, 0) is 31.0 Å². The molecule has 0 spiro atoms. The summed E-state index contributed by atoms with van der Waals surface area (Å²) < 4.78 is 0. The van der Waals surface area contributed by atoms with Crippen LogP contribution in [0.5, 0.6) is 0 Å². The van der Waals surface area contributed by atoms with E-state index < -0.39 is 0 Å². The van der Waals surface area contributed by atoms with Gasteiger partial charge >= 0.3 is 0 Å². The summed E-state index contributed by atoms with van der Waals surface area (Å²) in [4.78, 5) is 11.7. The fraction of sp³-hybridized carbons (Fsp3) is 0.417. The molecule has 1 rings (SSSR count). The van der Waals surface area contributed by atoms with Crippen molar-refractivity contribution in [3.63, 3.8) is 0 Å². The Morgan fingerprint density at radius 1 is 1.47 bits per heavy atom. The Balaban J connectivity index is 2.65.